The zero-order chi connectivity index (χ0) is 17.5. The SMILES string of the molecule is COc1ccc(Cc2cccc(C)c2)cc1OCCN1CCOCC1. The first-order chi connectivity index (χ1) is 12.2. The maximum atomic E-state index is 6.03. The lowest BCUT2D eigenvalue weighted by atomic mass is 10.0. The van der Waals surface area contributed by atoms with E-state index in [1.165, 1.54) is 16.7 Å². The maximum absolute atomic E-state index is 6.03. The van der Waals surface area contributed by atoms with Gasteiger partial charge in [-0.15, -0.1) is 0 Å². The van der Waals surface area contributed by atoms with Gasteiger partial charge in [0.05, 0.1) is 20.3 Å². The average Bonchev–Trinajstić information content (AvgIpc) is 2.63. The van der Waals surface area contributed by atoms with Gasteiger partial charge in [0.1, 0.15) is 6.61 Å². The van der Waals surface area contributed by atoms with Crippen LogP contribution >= 0.6 is 0 Å². The lowest BCUT2D eigenvalue weighted by Crippen LogP contribution is -2.38. The van der Waals surface area contributed by atoms with Crippen LogP contribution in [-0.4, -0.2) is 51.5 Å². The Morgan fingerprint density at radius 1 is 1.00 bits per heavy atom. The Labute approximate surface area is 150 Å². The summed E-state index contributed by atoms with van der Waals surface area (Å²) in [4.78, 5) is 2.37. The van der Waals surface area contributed by atoms with Crippen molar-refractivity contribution in [3.05, 3.63) is 59.2 Å². The monoisotopic (exact) mass is 341 g/mol. The fourth-order valence-electron chi connectivity index (χ4n) is 3.11. The summed E-state index contributed by atoms with van der Waals surface area (Å²) in [7, 11) is 1.68. The molecule has 0 aromatic heterocycles. The molecule has 2 aromatic rings. The molecule has 0 bridgehead atoms. The third-order valence-electron chi connectivity index (χ3n) is 4.49. The maximum Gasteiger partial charge on any atom is 0.161 e. The number of morpholine rings is 1. The minimum absolute atomic E-state index is 0.657. The predicted molar refractivity (Wildman–Crippen MR) is 99.7 cm³/mol. The molecule has 0 saturated carbocycles. The Hall–Kier alpha value is -2.04. The van der Waals surface area contributed by atoms with Crippen molar-refractivity contribution in [3.63, 3.8) is 0 Å². The highest BCUT2D eigenvalue weighted by molar-refractivity contribution is 5.44. The van der Waals surface area contributed by atoms with Crippen molar-refractivity contribution >= 4 is 0 Å². The smallest absolute Gasteiger partial charge is 0.161 e. The van der Waals surface area contributed by atoms with Crippen molar-refractivity contribution in [3.8, 4) is 11.5 Å². The summed E-state index contributed by atoms with van der Waals surface area (Å²) in [5, 5.41) is 0. The number of hydrogen-bond donors (Lipinski definition) is 0. The highest BCUT2D eigenvalue weighted by Gasteiger charge is 2.11. The summed E-state index contributed by atoms with van der Waals surface area (Å²) >= 11 is 0. The zero-order valence-corrected chi connectivity index (χ0v) is 15.2. The zero-order valence-electron chi connectivity index (χ0n) is 15.2. The molecule has 3 rings (SSSR count). The molecule has 0 atom stereocenters. The number of aryl methyl sites for hydroxylation is 1. The van der Waals surface area contributed by atoms with E-state index in [-0.39, 0.29) is 0 Å². The number of hydrogen-bond acceptors (Lipinski definition) is 4. The van der Waals surface area contributed by atoms with E-state index >= 15 is 0 Å². The molecule has 0 unspecified atom stereocenters. The third-order valence-corrected chi connectivity index (χ3v) is 4.49. The van der Waals surface area contributed by atoms with Crippen LogP contribution in [0.5, 0.6) is 11.5 Å². The molecule has 134 valence electrons. The summed E-state index contributed by atoms with van der Waals surface area (Å²) in [6.07, 6.45) is 0.894. The van der Waals surface area contributed by atoms with Crippen LogP contribution in [0.25, 0.3) is 0 Å². The highest BCUT2D eigenvalue weighted by atomic mass is 16.5. The van der Waals surface area contributed by atoms with Crippen LogP contribution in [0.15, 0.2) is 42.5 Å². The van der Waals surface area contributed by atoms with Crippen LogP contribution < -0.4 is 9.47 Å². The van der Waals surface area contributed by atoms with E-state index in [1.807, 2.05) is 6.07 Å². The first kappa shape index (κ1) is 17.8. The molecule has 1 aliphatic heterocycles. The van der Waals surface area contributed by atoms with Crippen molar-refractivity contribution in [2.45, 2.75) is 13.3 Å². The molecule has 0 N–H and O–H groups in total. The molecular weight excluding hydrogens is 314 g/mol. The molecule has 4 heteroatoms. The fourth-order valence-corrected chi connectivity index (χ4v) is 3.11. The molecule has 0 aliphatic carbocycles. The van der Waals surface area contributed by atoms with Gasteiger partial charge in [-0.05, 0) is 36.6 Å². The molecule has 1 heterocycles. The van der Waals surface area contributed by atoms with Crippen LogP contribution in [-0.2, 0) is 11.2 Å². The third kappa shape index (κ3) is 5.21. The van der Waals surface area contributed by atoms with E-state index in [2.05, 4.69) is 48.2 Å². The lowest BCUT2D eigenvalue weighted by Gasteiger charge is -2.26. The predicted octanol–water partition coefficient (Wildman–Crippen LogP) is 3.31. The highest BCUT2D eigenvalue weighted by Crippen LogP contribution is 2.29. The van der Waals surface area contributed by atoms with Crippen LogP contribution in [0.1, 0.15) is 16.7 Å². The second kappa shape index (κ2) is 8.88. The van der Waals surface area contributed by atoms with Gasteiger partial charge in [0.25, 0.3) is 0 Å². The van der Waals surface area contributed by atoms with Gasteiger partial charge in [-0.3, -0.25) is 4.90 Å². The molecule has 1 aliphatic rings. The largest absolute Gasteiger partial charge is 0.493 e. The number of rotatable bonds is 7. The molecule has 0 radical (unpaired) electrons. The Morgan fingerprint density at radius 3 is 2.56 bits per heavy atom. The minimum Gasteiger partial charge on any atom is -0.493 e. The van der Waals surface area contributed by atoms with Crippen molar-refractivity contribution in [1.82, 2.24) is 4.90 Å². The van der Waals surface area contributed by atoms with Gasteiger partial charge in [0.2, 0.25) is 0 Å². The second-order valence-electron chi connectivity index (χ2n) is 6.45. The molecule has 2 aromatic carbocycles. The van der Waals surface area contributed by atoms with Crippen molar-refractivity contribution in [1.29, 1.82) is 0 Å². The Balaban J connectivity index is 1.62. The molecule has 1 saturated heterocycles. The average molecular weight is 341 g/mol. The first-order valence-electron chi connectivity index (χ1n) is 8.90. The molecule has 1 fully saturated rings. The van der Waals surface area contributed by atoms with Crippen LogP contribution in [0.3, 0.4) is 0 Å². The molecule has 4 nitrogen and oxygen atoms in total. The molecule has 0 spiro atoms. The molecular formula is C21H27NO3. The van der Waals surface area contributed by atoms with E-state index < -0.39 is 0 Å². The second-order valence-corrected chi connectivity index (χ2v) is 6.45. The normalized spacial score (nSPS) is 15.1. The number of nitrogens with zero attached hydrogens (tertiary/aromatic N) is 1. The Morgan fingerprint density at radius 2 is 1.80 bits per heavy atom. The van der Waals surface area contributed by atoms with Gasteiger partial charge in [0, 0.05) is 19.6 Å². The Bertz CT molecular complexity index is 681. The van der Waals surface area contributed by atoms with Gasteiger partial charge >= 0.3 is 0 Å². The summed E-state index contributed by atoms with van der Waals surface area (Å²) in [5.74, 6) is 1.61. The van der Waals surface area contributed by atoms with Crippen molar-refractivity contribution < 1.29 is 14.2 Å². The van der Waals surface area contributed by atoms with E-state index in [4.69, 9.17) is 14.2 Å². The topological polar surface area (TPSA) is 30.9 Å². The van der Waals surface area contributed by atoms with E-state index in [0.717, 1.165) is 50.8 Å². The van der Waals surface area contributed by atoms with Crippen molar-refractivity contribution in [2.75, 3.05) is 46.6 Å². The van der Waals surface area contributed by atoms with Gasteiger partial charge in [-0.1, -0.05) is 35.9 Å². The van der Waals surface area contributed by atoms with Gasteiger partial charge < -0.3 is 14.2 Å². The molecule has 25 heavy (non-hydrogen) atoms. The molecule has 0 amide bonds. The summed E-state index contributed by atoms with van der Waals surface area (Å²) in [6, 6.07) is 14.8. The standard InChI is InChI=1S/C21H27NO3/c1-17-4-3-5-18(14-17)15-19-6-7-20(23-2)21(16-19)25-13-10-22-8-11-24-12-9-22/h3-7,14,16H,8-13,15H2,1-2H3. The van der Waals surface area contributed by atoms with E-state index in [1.54, 1.807) is 7.11 Å². The summed E-state index contributed by atoms with van der Waals surface area (Å²) in [5.41, 5.74) is 3.82. The van der Waals surface area contributed by atoms with E-state index in [0.29, 0.717) is 6.61 Å². The number of benzene rings is 2. The van der Waals surface area contributed by atoms with Crippen LogP contribution in [0, 0.1) is 6.92 Å². The van der Waals surface area contributed by atoms with E-state index in [9.17, 15) is 0 Å². The van der Waals surface area contributed by atoms with Crippen LogP contribution in [0.4, 0.5) is 0 Å². The summed E-state index contributed by atoms with van der Waals surface area (Å²) in [6.45, 7) is 7.28. The van der Waals surface area contributed by atoms with Crippen molar-refractivity contribution in [2.24, 2.45) is 0 Å². The number of methoxy groups -OCH3 is 1. The quantitative estimate of drug-likeness (QED) is 0.773. The van der Waals surface area contributed by atoms with Crippen LogP contribution in [0.2, 0.25) is 0 Å². The lowest BCUT2D eigenvalue weighted by molar-refractivity contribution is 0.0321. The first-order valence-corrected chi connectivity index (χ1v) is 8.90. The van der Waals surface area contributed by atoms with Gasteiger partial charge in [-0.2, -0.15) is 0 Å². The minimum atomic E-state index is 0.657. The van der Waals surface area contributed by atoms with Gasteiger partial charge in [-0.25, -0.2) is 0 Å². The van der Waals surface area contributed by atoms with Gasteiger partial charge in [0.15, 0.2) is 11.5 Å². The fraction of sp³-hybridized carbons (Fsp3) is 0.429. The number of ether oxygens (including phenoxy) is 3. The summed E-state index contributed by atoms with van der Waals surface area (Å²) < 4.78 is 16.9. The Kier molecular flexibility index (Phi) is 6.31.